The van der Waals surface area contributed by atoms with Crippen molar-refractivity contribution in [2.45, 2.75) is 19.5 Å². The van der Waals surface area contributed by atoms with E-state index in [1.165, 1.54) is 5.56 Å². The molecule has 0 saturated carbocycles. The van der Waals surface area contributed by atoms with Gasteiger partial charge in [0.15, 0.2) is 0 Å². The predicted molar refractivity (Wildman–Crippen MR) is 70.6 cm³/mol. The molecule has 0 unspecified atom stereocenters. The summed E-state index contributed by atoms with van der Waals surface area (Å²) < 4.78 is 0. The van der Waals surface area contributed by atoms with Crippen LogP contribution in [-0.4, -0.2) is 4.98 Å². The zero-order valence-electron chi connectivity index (χ0n) is 10.3. The minimum Gasteiger partial charge on any atom is -0.306 e. The van der Waals surface area contributed by atoms with E-state index in [0.29, 0.717) is 5.56 Å². The molecule has 0 aliphatic rings. The highest BCUT2D eigenvalue weighted by molar-refractivity contribution is 5.32. The smallest absolute Gasteiger partial charge is 0.0991 e. The standard InChI is InChI=1S/C15H15N3/c1-12(15-5-7-17-8-6-15)18-11-14-4-2-3-13(9-14)10-16/h2-9,12,18H,11H2,1H3/t12-/m0/s1. The fourth-order valence-corrected chi connectivity index (χ4v) is 1.79. The fraction of sp³-hybridized carbons (Fsp3) is 0.200. The molecule has 2 rings (SSSR count). The maximum absolute atomic E-state index is 8.84. The molecule has 1 N–H and O–H groups in total. The molecule has 1 aromatic carbocycles. The van der Waals surface area contributed by atoms with Gasteiger partial charge in [-0.05, 0) is 42.3 Å². The molecule has 0 saturated heterocycles. The van der Waals surface area contributed by atoms with Crippen LogP contribution in [0.5, 0.6) is 0 Å². The maximum atomic E-state index is 8.84. The highest BCUT2D eigenvalue weighted by atomic mass is 14.9. The minimum atomic E-state index is 0.263. The van der Waals surface area contributed by atoms with Crippen molar-refractivity contribution in [1.82, 2.24) is 10.3 Å². The lowest BCUT2D eigenvalue weighted by Crippen LogP contribution is -2.18. The first-order chi connectivity index (χ1) is 8.79. The Bertz CT molecular complexity index is 543. The van der Waals surface area contributed by atoms with E-state index < -0.39 is 0 Å². The van der Waals surface area contributed by atoms with Crippen molar-refractivity contribution >= 4 is 0 Å². The number of nitrogens with one attached hydrogen (secondary N) is 1. The number of pyridine rings is 1. The number of hydrogen-bond donors (Lipinski definition) is 1. The van der Waals surface area contributed by atoms with Gasteiger partial charge in [0.2, 0.25) is 0 Å². The molecule has 1 heterocycles. The molecule has 1 atom stereocenters. The van der Waals surface area contributed by atoms with Crippen molar-refractivity contribution < 1.29 is 0 Å². The van der Waals surface area contributed by atoms with Crippen LogP contribution >= 0.6 is 0 Å². The molecule has 0 aliphatic carbocycles. The average molecular weight is 237 g/mol. The third-order valence-corrected chi connectivity index (χ3v) is 2.87. The SMILES string of the molecule is C[C@H](NCc1cccc(C#N)c1)c1ccncc1. The number of benzene rings is 1. The largest absolute Gasteiger partial charge is 0.306 e. The van der Waals surface area contributed by atoms with Gasteiger partial charge in [0, 0.05) is 25.0 Å². The third-order valence-electron chi connectivity index (χ3n) is 2.87. The summed E-state index contributed by atoms with van der Waals surface area (Å²) >= 11 is 0. The van der Waals surface area contributed by atoms with Crippen LogP contribution in [0.1, 0.15) is 29.7 Å². The van der Waals surface area contributed by atoms with Gasteiger partial charge in [0.05, 0.1) is 11.6 Å². The molecule has 0 fully saturated rings. The summed E-state index contributed by atoms with van der Waals surface area (Å²) in [4.78, 5) is 4.00. The number of hydrogen-bond acceptors (Lipinski definition) is 3. The van der Waals surface area contributed by atoms with Crippen LogP contribution in [0, 0.1) is 11.3 Å². The predicted octanol–water partition coefficient (Wildman–Crippen LogP) is 2.80. The Balaban J connectivity index is 1.97. The summed E-state index contributed by atoms with van der Waals surface area (Å²) in [6, 6.07) is 14.1. The van der Waals surface area contributed by atoms with Gasteiger partial charge in [-0.15, -0.1) is 0 Å². The summed E-state index contributed by atoms with van der Waals surface area (Å²) in [7, 11) is 0. The first-order valence-electron chi connectivity index (χ1n) is 5.92. The second kappa shape index (κ2) is 5.95. The molecule has 0 spiro atoms. The van der Waals surface area contributed by atoms with Crippen LogP contribution in [0.4, 0.5) is 0 Å². The summed E-state index contributed by atoms with van der Waals surface area (Å²) in [6.45, 7) is 2.86. The Labute approximate surface area is 107 Å². The van der Waals surface area contributed by atoms with E-state index in [0.717, 1.165) is 12.1 Å². The first kappa shape index (κ1) is 12.3. The Morgan fingerprint density at radius 3 is 2.78 bits per heavy atom. The zero-order valence-corrected chi connectivity index (χ0v) is 10.3. The second-order valence-electron chi connectivity index (χ2n) is 4.20. The van der Waals surface area contributed by atoms with Gasteiger partial charge in [0.25, 0.3) is 0 Å². The highest BCUT2D eigenvalue weighted by Crippen LogP contribution is 2.12. The van der Waals surface area contributed by atoms with Crippen LogP contribution < -0.4 is 5.32 Å². The summed E-state index contributed by atoms with van der Waals surface area (Å²) in [5.41, 5.74) is 3.03. The van der Waals surface area contributed by atoms with Crippen molar-refractivity contribution in [3.8, 4) is 6.07 Å². The second-order valence-corrected chi connectivity index (χ2v) is 4.20. The van der Waals surface area contributed by atoms with Crippen molar-refractivity contribution in [2.24, 2.45) is 0 Å². The van der Waals surface area contributed by atoms with Gasteiger partial charge in [-0.1, -0.05) is 12.1 Å². The number of nitriles is 1. The quantitative estimate of drug-likeness (QED) is 0.889. The molecule has 0 aliphatic heterocycles. The topological polar surface area (TPSA) is 48.7 Å². The average Bonchev–Trinajstić information content (AvgIpc) is 2.46. The molecular formula is C15H15N3. The van der Waals surface area contributed by atoms with Crippen LogP contribution in [0.2, 0.25) is 0 Å². The van der Waals surface area contributed by atoms with Gasteiger partial charge < -0.3 is 5.32 Å². The van der Waals surface area contributed by atoms with Crippen LogP contribution in [0.3, 0.4) is 0 Å². The zero-order chi connectivity index (χ0) is 12.8. The molecule has 3 nitrogen and oxygen atoms in total. The van der Waals surface area contributed by atoms with E-state index >= 15 is 0 Å². The third kappa shape index (κ3) is 3.16. The van der Waals surface area contributed by atoms with Crippen LogP contribution in [0.15, 0.2) is 48.8 Å². The minimum absolute atomic E-state index is 0.263. The Hall–Kier alpha value is -2.18. The summed E-state index contributed by atoms with van der Waals surface area (Å²) in [5, 5.41) is 12.3. The van der Waals surface area contributed by atoms with Crippen molar-refractivity contribution in [1.29, 1.82) is 5.26 Å². The molecule has 2 aromatic rings. The first-order valence-corrected chi connectivity index (χ1v) is 5.92. The molecule has 0 radical (unpaired) electrons. The van der Waals surface area contributed by atoms with Crippen molar-refractivity contribution in [3.05, 3.63) is 65.5 Å². The highest BCUT2D eigenvalue weighted by Gasteiger charge is 2.04. The Kier molecular flexibility index (Phi) is 4.06. The van der Waals surface area contributed by atoms with E-state index in [2.05, 4.69) is 23.3 Å². The van der Waals surface area contributed by atoms with E-state index in [1.54, 1.807) is 12.4 Å². The van der Waals surface area contributed by atoms with Crippen LogP contribution in [-0.2, 0) is 6.54 Å². The number of nitrogens with zero attached hydrogens (tertiary/aromatic N) is 2. The van der Waals surface area contributed by atoms with Crippen LogP contribution in [0.25, 0.3) is 0 Å². The molecule has 0 amide bonds. The lowest BCUT2D eigenvalue weighted by atomic mass is 10.1. The molecule has 1 aromatic heterocycles. The summed E-state index contributed by atoms with van der Waals surface area (Å²) in [6.07, 6.45) is 3.59. The van der Waals surface area contributed by atoms with Gasteiger partial charge in [-0.3, -0.25) is 4.98 Å². The van der Waals surface area contributed by atoms with Gasteiger partial charge >= 0.3 is 0 Å². The van der Waals surface area contributed by atoms with E-state index in [1.807, 2.05) is 36.4 Å². The van der Waals surface area contributed by atoms with E-state index in [-0.39, 0.29) is 6.04 Å². The fourth-order valence-electron chi connectivity index (χ4n) is 1.79. The normalized spacial score (nSPS) is 11.8. The lowest BCUT2D eigenvalue weighted by molar-refractivity contribution is 0.574. The van der Waals surface area contributed by atoms with E-state index in [9.17, 15) is 0 Å². The van der Waals surface area contributed by atoms with Gasteiger partial charge in [-0.2, -0.15) is 5.26 Å². The van der Waals surface area contributed by atoms with Gasteiger partial charge in [0.1, 0.15) is 0 Å². The maximum Gasteiger partial charge on any atom is 0.0991 e. The molecule has 0 bridgehead atoms. The number of aromatic nitrogens is 1. The number of rotatable bonds is 4. The Morgan fingerprint density at radius 2 is 2.06 bits per heavy atom. The van der Waals surface area contributed by atoms with Gasteiger partial charge in [-0.25, -0.2) is 0 Å². The lowest BCUT2D eigenvalue weighted by Gasteiger charge is -2.14. The monoisotopic (exact) mass is 237 g/mol. The van der Waals surface area contributed by atoms with Crippen molar-refractivity contribution in [2.75, 3.05) is 0 Å². The molecular weight excluding hydrogens is 222 g/mol. The summed E-state index contributed by atoms with van der Waals surface area (Å²) in [5.74, 6) is 0. The Morgan fingerprint density at radius 1 is 1.28 bits per heavy atom. The molecule has 18 heavy (non-hydrogen) atoms. The molecule has 90 valence electrons. The molecule has 3 heteroatoms. The van der Waals surface area contributed by atoms with Crippen molar-refractivity contribution in [3.63, 3.8) is 0 Å². The van der Waals surface area contributed by atoms with E-state index in [4.69, 9.17) is 5.26 Å².